The van der Waals surface area contributed by atoms with Crippen molar-refractivity contribution in [3.63, 3.8) is 0 Å². The molecule has 0 aromatic rings. The van der Waals surface area contributed by atoms with Gasteiger partial charge in [-0.3, -0.25) is 0 Å². The van der Waals surface area contributed by atoms with E-state index < -0.39 is 0 Å². The summed E-state index contributed by atoms with van der Waals surface area (Å²) in [5, 5.41) is 0.365. The molecule has 0 aliphatic heterocycles. The summed E-state index contributed by atoms with van der Waals surface area (Å²) in [6.45, 7) is 9.01. The van der Waals surface area contributed by atoms with E-state index in [1.165, 1.54) is 25.8 Å². The third kappa shape index (κ3) is 5.87. The molecule has 0 amide bonds. The Kier molecular flexibility index (Phi) is 8.70. The zero-order valence-electron chi connectivity index (χ0n) is 10.2. The van der Waals surface area contributed by atoms with E-state index >= 15 is 0 Å². The first-order chi connectivity index (χ1) is 6.65. The van der Waals surface area contributed by atoms with Crippen molar-refractivity contribution in [2.75, 3.05) is 20.1 Å². The summed E-state index contributed by atoms with van der Waals surface area (Å²) in [5.74, 6) is 0.660. The van der Waals surface area contributed by atoms with E-state index in [1.807, 2.05) is 0 Å². The summed E-state index contributed by atoms with van der Waals surface area (Å²) in [6, 6.07) is 0. The minimum absolute atomic E-state index is 0.365. The minimum atomic E-state index is 0.365. The number of alkyl halides is 1. The van der Waals surface area contributed by atoms with Gasteiger partial charge in [-0.15, -0.1) is 11.6 Å². The monoisotopic (exact) mass is 219 g/mol. The maximum Gasteiger partial charge on any atom is 0.0376 e. The van der Waals surface area contributed by atoms with Crippen LogP contribution in [-0.2, 0) is 0 Å². The van der Waals surface area contributed by atoms with Gasteiger partial charge in [-0.05, 0) is 32.4 Å². The van der Waals surface area contributed by atoms with Gasteiger partial charge in [0.25, 0.3) is 0 Å². The molecular formula is C12H26ClN. The summed E-state index contributed by atoms with van der Waals surface area (Å²) in [7, 11) is 2.20. The normalized spacial score (nSPS) is 15.9. The van der Waals surface area contributed by atoms with Gasteiger partial charge in [0.15, 0.2) is 0 Å². The third-order valence-corrected chi connectivity index (χ3v) is 3.33. The van der Waals surface area contributed by atoms with Gasteiger partial charge in [0.1, 0.15) is 0 Å². The Morgan fingerprint density at radius 2 is 1.79 bits per heavy atom. The maximum absolute atomic E-state index is 6.36. The lowest BCUT2D eigenvalue weighted by Crippen LogP contribution is -2.30. The van der Waals surface area contributed by atoms with Crippen LogP contribution < -0.4 is 0 Å². The maximum atomic E-state index is 6.36. The second kappa shape index (κ2) is 8.55. The first kappa shape index (κ1) is 14.2. The molecule has 2 heteroatoms. The van der Waals surface area contributed by atoms with Gasteiger partial charge in [-0.1, -0.05) is 33.6 Å². The van der Waals surface area contributed by atoms with E-state index in [0.717, 1.165) is 13.0 Å². The fourth-order valence-corrected chi connectivity index (χ4v) is 2.36. The average molecular weight is 220 g/mol. The van der Waals surface area contributed by atoms with Crippen LogP contribution in [0.1, 0.15) is 46.5 Å². The molecule has 0 heterocycles. The van der Waals surface area contributed by atoms with Crippen molar-refractivity contribution in [1.29, 1.82) is 0 Å². The average Bonchev–Trinajstić information content (AvgIpc) is 2.15. The Hall–Kier alpha value is 0.250. The van der Waals surface area contributed by atoms with Crippen molar-refractivity contribution in [1.82, 2.24) is 4.90 Å². The molecule has 0 radical (unpaired) electrons. The first-order valence-corrected chi connectivity index (χ1v) is 6.41. The zero-order valence-corrected chi connectivity index (χ0v) is 11.0. The van der Waals surface area contributed by atoms with Crippen molar-refractivity contribution in [3.8, 4) is 0 Å². The summed E-state index contributed by atoms with van der Waals surface area (Å²) < 4.78 is 0. The summed E-state index contributed by atoms with van der Waals surface area (Å²) in [5.41, 5.74) is 0. The van der Waals surface area contributed by atoms with E-state index in [2.05, 4.69) is 32.7 Å². The predicted molar refractivity (Wildman–Crippen MR) is 66.1 cm³/mol. The predicted octanol–water partition coefficient (Wildman–Crippen LogP) is 3.76. The van der Waals surface area contributed by atoms with Crippen molar-refractivity contribution in [3.05, 3.63) is 0 Å². The standard InChI is InChI=1S/C12H26ClN/c1-5-8-12(13)11(7-3)10-14(4)9-6-2/h11-12H,5-10H2,1-4H3. The highest BCUT2D eigenvalue weighted by Gasteiger charge is 2.17. The van der Waals surface area contributed by atoms with Crippen molar-refractivity contribution in [2.45, 2.75) is 51.8 Å². The third-order valence-electron chi connectivity index (χ3n) is 2.75. The Labute approximate surface area is 94.8 Å². The van der Waals surface area contributed by atoms with Gasteiger partial charge >= 0.3 is 0 Å². The molecule has 2 unspecified atom stereocenters. The van der Waals surface area contributed by atoms with Gasteiger partial charge < -0.3 is 4.90 Å². The van der Waals surface area contributed by atoms with Crippen LogP contribution in [0.3, 0.4) is 0 Å². The smallest absolute Gasteiger partial charge is 0.0376 e. The second-order valence-corrected chi connectivity index (χ2v) is 4.80. The molecule has 86 valence electrons. The van der Waals surface area contributed by atoms with Gasteiger partial charge in [0.05, 0.1) is 0 Å². The van der Waals surface area contributed by atoms with Gasteiger partial charge in [0.2, 0.25) is 0 Å². The molecule has 0 saturated carbocycles. The molecule has 0 fully saturated rings. The lowest BCUT2D eigenvalue weighted by molar-refractivity contribution is 0.262. The highest BCUT2D eigenvalue weighted by Crippen LogP contribution is 2.20. The quantitative estimate of drug-likeness (QED) is 0.562. The summed E-state index contributed by atoms with van der Waals surface area (Å²) in [4.78, 5) is 2.40. The first-order valence-electron chi connectivity index (χ1n) is 5.98. The number of hydrogen-bond acceptors (Lipinski definition) is 1. The van der Waals surface area contributed by atoms with E-state index in [9.17, 15) is 0 Å². The number of rotatable bonds is 8. The van der Waals surface area contributed by atoms with Gasteiger partial charge in [-0.2, -0.15) is 0 Å². The highest BCUT2D eigenvalue weighted by molar-refractivity contribution is 6.20. The van der Waals surface area contributed by atoms with Crippen LogP contribution in [0.25, 0.3) is 0 Å². The number of nitrogens with zero attached hydrogens (tertiary/aromatic N) is 1. The largest absolute Gasteiger partial charge is 0.306 e. The molecule has 2 atom stereocenters. The Morgan fingerprint density at radius 3 is 2.21 bits per heavy atom. The van der Waals surface area contributed by atoms with Crippen LogP contribution in [0.15, 0.2) is 0 Å². The summed E-state index contributed by atoms with van der Waals surface area (Å²) >= 11 is 6.36. The van der Waals surface area contributed by atoms with Crippen LogP contribution >= 0.6 is 11.6 Å². The molecular weight excluding hydrogens is 194 g/mol. The lowest BCUT2D eigenvalue weighted by atomic mass is 9.98. The molecule has 14 heavy (non-hydrogen) atoms. The fourth-order valence-electron chi connectivity index (χ4n) is 1.88. The van der Waals surface area contributed by atoms with Crippen LogP contribution in [0, 0.1) is 5.92 Å². The molecule has 0 spiro atoms. The SMILES string of the molecule is CCCC(Cl)C(CC)CN(C)CCC. The highest BCUT2D eigenvalue weighted by atomic mass is 35.5. The molecule has 0 aromatic carbocycles. The second-order valence-electron chi connectivity index (χ2n) is 4.24. The molecule has 1 nitrogen and oxygen atoms in total. The number of halogens is 1. The van der Waals surface area contributed by atoms with Crippen molar-refractivity contribution in [2.24, 2.45) is 5.92 Å². The number of hydrogen-bond donors (Lipinski definition) is 0. The van der Waals surface area contributed by atoms with Crippen LogP contribution in [-0.4, -0.2) is 30.4 Å². The van der Waals surface area contributed by atoms with E-state index in [4.69, 9.17) is 11.6 Å². The summed E-state index contributed by atoms with van der Waals surface area (Å²) in [6.07, 6.45) is 4.78. The molecule has 0 bridgehead atoms. The molecule has 0 saturated heterocycles. The van der Waals surface area contributed by atoms with Gasteiger partial charge in [-0.25, -0.2) is 0 Å². The van der Waals surface area contributed by atoms with Crippen molar-refractivity contribution >= 4 is 11.6 Å². The Morgan fingerprint density at radius 1 is 1.14 bits per heavy atom. The van der Waals surface area contributed by atoms with E-state index in [1.54, 1.807) is 0 Å². The van der Waals surface area contributed by atoms with Crippen LogP contribution in [0.5, 0.6) is 0 Å². The van der Waals surface area contributed by atoms with Crippen LogP contribution in [0.4, 0.5) is 0 Å². The molecule has 0 aliphatic carbocycles. The molecule has 0 N–H and O–H groups in total. The van der Waals surface area contributed by atoms with Crippen molar-refractivity contribution < 1.29 is 0 Å². The van der Waals surface area contributed by atoms with Crippen LogP contribution in [0.2, 0.25) is 0 Å². The van der Waals surface area contributed by atoms with Gasteiger partial charge in [0, 0.05) is 11.9 Å². The fraction of sp³-hybridized carbons (Fsp3) is 1.00. The Bertz CT molecular complexity index is 127. The topological polar surface area (TPSA) is 3.24 Å². The Balaban J connectivity index is 3.87. The molecule has 0 rings (SSSR count). The lowest BCUT2D eigenvalue weighted by Gasteiger charge is -2.26. The molecule has 0 aliphatic rings. The zero-order chi connectivity index (χ0) is 11.0. The minimum Gasteiger partial charge on any atom is -0.306 e. The molecule has 0 aromatic heterocycles. The van der Waals surface area contributed by atoms with E-state index in [0.29, 0.717) is 11.3 Å². The van der Waals surface area contributed by atoms with E-state index in [-0.39, 0.29) is 0 Å².